The smallest absolute Gasteiger partial charge is 0.0981 e. The third kappa shape index (κ3) is 2.40. The Morgan fingerprint density at radius 2 is 2.25 bits per heavy atom. The summed E-state index contributed by atoms with van der Waals surface area (Å²) < 4.78 is 1.66. The molecule has 0 spiro atoms. The van der Waals surface area contributed by atoms with Gasteiger partial charge in [-0.3, -0.25) is 0 Å². The molecule has 90 valence electrons. The first-order valence-corrected chi connectivity index (χ1v) is 7.19. The molecule has 1 fully saturated rings. The standard InChI is InChI=1S/C12H17Cl2NS/c1-7(2)15-6-8-5-12(8,3)9-4-10(13)16-11(9)14/h4,7-8,15H,5-6H2,1-3H3. The van der Waals surface area contributed by atoms with Gasteiger partial charge < -0.3 is 5.32 Å². The van der Waals surface area contributed by atoms with Gasteiger partial charge in [-0.1, -0.05) is 44.0 Å². The zero-order chi connectivity index (χ0) is 11.9. The van der Waals surface area contributed by atoms with E-state index >= 15 is 0 Å². The monoisotopic (exact) mass is 277 g/mol. The van der Waals surface area contributed by atoms with Crippen molar-refractivity contribution in [3.63, 3.8) is 0 Å². The molecule has 16 heavy (non-hydrogen) atoms. The van der Waals surface area contributed by atoms with E-state index in [9.17, 15) is 0 Å². The van der Waals surface area contributed by atoms with E-state index in [-0.39, 0.29) is 5.41 Å². The number of hydrogen-bond donors (Lipinski definition) is 1. The van der Waals surface area contributed by atoms with Gasteiger partial charge in [-0.15, -0.1) is 11.3 Å². The summed E-state index contributed by atoms with van der Waals surface area (Å²) >= 11 is 13.7. The Balaban J connectivity index is 2.04. The summed E-state index contributed by atoms with van der Waals surface area (Å²) in [4.78, 5) is 0. The first-order valence-electron chi connectivity index (χ1n) is 5.62. The van der Waals surface area contributed by atoms with Crippen molar-refractivity contribution < 1.29 is 0 Å². The SMILES string of the molecule is CC(C)NCC1CC1(C)c1cc(Cl)sc1Cl. The lowest BCUT2D eigenvalue weighted by Gasteiger charge is -2.12. The number of halogens is 2. The second-order valence-corrected chi connectivity index (χ2v) is 7.40. The van der Waals surface area contributed by atoms with E-state index in [0.717, 1.165) is 15.2 Å². The zero-order valence-corrected chi connectivity index (χ0v) is 12.1. The summed E-state index contributed by atoms with van der Waals surface area (Å²) in [5.41, 5.74) is 1.47. The Labute approximate surface area is 111 Å². The van der Waals surface area contributed by atoms with Crippen LogP contribution in [0.2, 0.25) is 8.67 Å². The van der Waals surface area contributed by atoms with Crippen LogP contribution in [0, 0.1) is 5.92 Å². The van der Waals surface area contributed by atoms with Gasteiger partial charge in [0.1, 0.15) is 0 Å². The van der Waals surface area contributed by atoms with Crippen molar-refractivity contribution >= 4 is 34.5 Å². The van der Waals surface area contributed by atoms with E-state index < -0.39 is 0 Å². The average molecular weight is 278 g/mol. The molecule has 0 radical (unpaired) electrons. The molecule has 4 heteroatoms. The minimum Gasteiger partial charge on any atom is -0.314 e. The summed E-state index contributed by atoms with van der Waals surface area (Å²) in [5.74, 6) is 0.693. The fourth-order valence-electron chi connectivity index (χ4n) is 2.19. The van der Waals surface area contributed by atoms with Crippen molar-refractivity contribution in [2.75, 3.05) is 6.54 Å². The summed E-state index contributed by atoms with van der Waals surface area (Å²) in [6.07, 6.45) is 1.21. The Morgan fingerprint density at radius 3 is 2.75 bits per heavy atom. The van der Waals surface area contributed by atoms with Crippen molar-refractivity contribution in [2.24, 2.45) is 5.92 Å². The van der Waals surface area contributed by atoms with Crippen LogP contribution in [0.15, 0.2) is 6.07 Å². The minimum atomic E-state index is 0.239. The summed E-state index contributed by atoms with van der Waals surface area (Å²) in [5, 5.41) is 3.49. The van der Waals surface area contributed by atoms with Crippen LogP contribution in [0.3, 0.4) is 0 Å². The molecule has 0 bridgehead atoms. The zero-order valence-electron chi connectivity index (χ0n) is 9.81. The van der Waals surface area contributed by atoms with Gasteiger partial charge in [0, 0.05) is 6.04 Å². The maximum Gasteiger partial charge on any atom is 0.0981 e. The fraction of sp³-hybridized carbons (Fsp3) is 0.667. The van der Waals surface area contributed by atoms with Crippen molar-refractivity contribution in [3.8, 4) is 0 Å². The second-order valence-electron chi connectivity index (χ2n) is 5.12. The van der Waals surface area contributed by atoms with Gasteiger partial charge in [-0.05, 0) is 35.9 Å². The number of hydrogen-bond acceptors (Lipinski definition) is 2. The topological polar surface area (TPSA) is 12.0 Å². The van der Waals surface area contributed by atoms with E-state index in [4.69, 9.17) is 23.2 Å². The highest BCUT2D eigenvalue weighted by Gasteiger charge is 2.52. The summed E-state index contributed by atoms with van der Waals surface area (Å²) in [6.45, 7) is 7.70. The van der Waals surface area contributed by atoms with E-state index in [2.05, 4.69) is 26.1 Å². The molecule has 0 aromatic carbocycles. The summed E-state index contributed by atoms with van der Waals surface area (Å²) in [6, 6.07) is 2.58. The van der Waals surface area contributed by atoms with Gasteiger partial charge in [-0.2, -0.15) is 0 Å². The lowest BCUT2D eigenvalue weighted by molar-refractivity contribution is 0.528. The van der Waals surface area contributed by atoms with Gasteiger partial charge in [0.2, 0.25) is 0 Å². The third-order valence-electron chi connectivity index (χ3n) is 3.46. The molecular formula is C12H17Cl2NS. The van der Waals surface area contributed by atoms with Crippen LogP contribution in [0.5, 0.6) is 0 Å². The summed E-state index contributed by atoms with van der Waals surface area (Å²) in [7, 11) is 0. The van der Waals surface area contributed by atoms with Crippen LogP contribution >= 0.6 is 34.5 Å². The molecular weight excluding hydrogens is 261 g/mol. The van der Waals surface area contributed by atoms with Crippen LogP contribution in [-0.2, 0) is 5.41 Å². The Bertz CT molecular complexity index is 388. The molecule has 0 saturated heterocycles. The van der Waals surface area contributed by atoms with Crippen LogP contribution in [-0.4, -0.2) is 12.6 Å². The van der Waals surface area contributed by atoms with Gasteiger partial charge in [0.15, 0.2) is 0 Å². The van der Waals surface area contributed by atoms with E-state index in [1.54, 1.807) is 0 Å². The molecule has 1 aliphatic carbocycles. The molecule has 1 aromatic rings. The van der Waals surface area contributed by atoms with Crippen LogP contribution in [0.4, 0.5) is 0 Å². The van der Waals surface area contributed by atoms with E-state index in [1.807, 2.05) is 6.07 Å². The largest absolute Gasteiger partial charge is 0.314 e. The highest BCUT2D eigenvalue weighted by molar-refractivity contribution is 7.20. The van der Waals surface area contributed by atoms with Gasteiger partial charge in [0.05, 0.1) is 8.67 Å². The normalized spacial score (nSPS) is 28.8. The van der Waals surface area contributed by atoms with Crippen molar-refractivity contribution in [1.82, 2.24) is 5.32 Å². The Morgan fingerprint density at radius 1 is 1.56 bits per heavy atom. The molecule has 2 unspecified atom stereocenters. The molecule has 2 atom stereocenters. The fourth-order valence-corrected chi connectivity index (χ4v) is 3.92. The lowest BCUT2D eigenvalue weighted by atomic mass is 9.98. The average Bonchev–Trinajstić information content (AvgIpc) is 2.71. The quantitative estimate of drug-likeness (QED) is 0.864. The van der Waals surface area contributed by atoms with Gasteiger partial charge in [-0.25, -0.2) is 0 Å². The second kappa shape index (κ2) is 4.49. The molecule has 2 rings (SSSR count). The van der Waals surface area contributed by atoms with Crippen molar-refractivity contribution in [2.45, 2.75) is 38.6 Å². The molecule has 1 saturated carbocycles. The Kier molecular flexibility index (Phi) is 3.56. The van der Waals surface area contributed by atoms with E-state index in [1.165, 1.54) is 23.3 Å². The first kappa shape index (κ1) is 12.7. The predicted molar refractivity (Wildman–Crippen MR) is 72.9 cm³/mol. The highest BCUT2D eigenvalue weighted by Crippen LogP contribution is 2.57. The van der Waals surface area contributed by atoms with Crippen LogP contribution in [0.25, 0.3) is 0 Å². The third-order valence-corrected chi connectivity index (χ3v) is 4.94. The van der Waals surface area contributed by atoms with Crippen LogP contribution in [0.1, 0.15) is 32.8 Å². The molecule has 1 heterocycles. The predicted octanol–water partition coefficient (Wildman–Crippen LogP) is 4.33. The molecule has 1 N–H and O–H groups in total. The minimum absolute atomic E-state index is 0.239. The maximum atomic E-state index is 6.21. The van der Waals surface area contributed by atoms with Crippen LogP contribution < -0.4 is 5.32 Å². The molecule has 0 amide bonds. The number of rotatable bonds is 4. The van der Waals surface area contributed by atoms with Gasteiger partial charge in [0.25, 0.3) is 0 Å². The molecule has 1 aliphatic rings. The molecule has 1 nitrogen and oxygen atoms in total. The van der Waals surface area contributed by atoms with Gasteiger partial charge >= 0.3 is 0 Å². The lowest BCUT2D eigenvalue weighted by Crippen LogP contribution is -2.26. The van der Waals surface area contributed by atoms with Crippen molar-refractivity contribution in [1.29, 1.82) is 0 Å². The number of thiophene rings is 1. The Hall–Kier alpha value is 0.240. The molecule has 1 aromatic heterocycles. The van der Waals surface area contributed by atoms with E-state index in [0.29, 0.717) is 12.0 Å². The molecule has 0 aliphatic heterocycles. The maximum absolute atomic E-state index is 6.21. The first-order chi connectivity index (χ1) is 7.43. The number of nitrogens with one attached hydrogen (secondary N) is 1. The highest BCUT2D eigenvalue weighted by atomic mass is 35.5. The van der Waals surface area contributed by atoms with Crippen molar-refractivity contribution in [3.05, 3.63) is 20.3 Å².